The third kappa shape index (κ3) is 3.31. The summed E-state index contributed by atoms with van der Waals surface area (Å²) < 4.78 is 0. The summed E-state index contributed by atoms with van der Waals surface area (Å²) >= 11 is 11.8. The molecule has 3 nitrogen and oxygen atoms in total. The van der Waals surface area contributed by atoms with Gasteiger partial charge in [0, 0.05) is 15.7 Å². The van der Waals surface area contributed by atoms with Gasteiger partial charge in [-0.15, -0.1) is 0 Å². The third-order valence-corrected chi connectivity index (χ3v) is 3.90. The van der Waals surface area contributed by atoms with Gasteiger partial charge in [-0.1, -0.05) is 48.3 Å². The van der Waals surface area contributed by atoms with Crippen molar-refractivity contribution < 1.29 is 9.90 Å². The topological polar surface area (TPSA) is 49.3 Å². The van der Waals surface area contributed by atoms with Crippen LogP contribution in [0.4, 0.5) is 5.69 Å². The molecule has 0 aliphatic heterocycles. The molecule has 0 saturated heterocycles. The molecule has 0 saturated carbocycles. The number of carbonyl (C=O) groups is 1. The van der Waals surface area contributed by atoms with Crippen LogP contribution < -0.4 is 5.32 Å². The minimum Gasteiger partial charge on any atom is -0.479 e. The maximum atomic E-state index is 11.9. The molecule has 0 aliphatic carbocycles. The number of aliphatic carboxylic acids is 1. The number of carboxylic acids is 1. The average Bonchev–Trinajstić information content (AvgIpc) is 2.45. The lowest BCUT2D eigenvalue weighted by atomic mass is 9.87. The smallest absolute Gasteiger partial charge is 0.334 e. The Kier molecular flexibility index (Phi) is 4.76. The Hall–Kier alpha value is -1.71. The molecule has 0 spiro atoms. The average molecular weight is 324 g/mol. The number of benzene rings is 2. The molecule has 2 aromatic rings. The zero-order valence-corrected chi connectivity index (χ0v) is 12.9. The van der Waals surface area contributed by atoms with Gasteiger partial charge in [0.2, 0.25) is 0 Å². The van der Waals surface area contributed by atoms with Crippen molar-refractivity contribution in [3.05, 3.63) is 64.1 Å². The maximum absolute atomic E-state index is 11.9. The van der Waals surface area contributed by atoms with E-state index in [2.05, 4.69) is 5.32 Å². The van der Waals surface area contributed by atoms with Crippen molar-refractivity contribution in [3.63, 3.8) is 0 Å². The minimum atomic E-state index is -1.23. The Morgan fingerprint density at radius 2 is 1.81 bits per heavy atom. The fourth-order valence-electron chi connectivity index (χ4n) is 2.24. The number of carboxylic acid groups (broad SMARTS) is 1. The second-order valence-electron chi connectivity index (χ2n) is 4.71. The van der Waals surface area contributed by atoms with Gasteiger partial charge in [0.05, 0.1) is 0 Å². The van der Waals surface area contributed by atoms with Gasteiger partial charge in [0.25, 0.3) is 0 Å². The zero-order valence-electron chi connectivity index (χ0n) is 11.4. The Bertz CT molecular complexity index is 643. The fraction of sp³-hybridized carbons (Fsp3) is 0.188. The zero-order chi connectivity index (χ0) is 15.5. The standard InChI is InChI=1S/C16H15Cl2NO2/c1-2-16(15(20)21,11-6-8-12(17)9-7-11)19-14-5-3-4-13(18)10-14/h3-10,19H,2H2,1H3,(H,20,21). The summed E-state index contributed by atoms with van der Waals surface area (Å²) in [5, 5.41) is 14.0. The Morgan fingerprint density at radius 1 is 1.14 bits per heavy atom. The van der Waals surface area contributed by atoms with Crippen molar-refractivity contribution in [2.75, 3.05) is 5.32 Å². The quantitative estimate of drug-likeness (QED) is 0.831. The van der Waals surface area contributed by atoms with Gasteiger partial charge in [0.1, 0.15) is 0 Å². The number of hydrogen-bond donors (Lipinski definition) is 2. The van der Waals surface area contributed by atoms with E-state index in [1.54, 1.807) is 48.5 Å². The molecule has 1 unspecified atom stereocenters. The molecule has 0 radical (unpaired) electrons. The molecule has 2 N–H and O–H groups in total. The van der Waals surface area contributed by atoms with E-state index in [1.165, 1.54) is 0 Å². The van der Waals surface area contributed by atoms with Crippen LogP contribution in [0.5, 0.6) is 0 Å². The summed E-state index contributed by atoms with van der Waals surface area (Å²) in [4.78, 5) is 11.9. The van der Waals surface area contributed by atoms with E-state index in [-0.39, 0.29) is 0 Å². The lowest BCUT2D eigenvalue weighted by molar-refractivity contribution is -0.142. The number of hydrogen-bond acceptors (Lipinski definition) is 2. The highest BCUT2D eigenvalue weighted by Crippen LogP contribution is 2.32. The molecule has 2 aromatic carbocycles. The van der Waals surface area contributed by atoms with E-state index in [0.717, 1.165) is 0 Å². The van der Waals surface area contributed by atoms with Crippen molar-refractivity contribution in [1.29, 1.82) is 0 Å². The molecule has 1 atom stereocenters. The molecular formula is C16H15Cl2NO2. The first kappa shape index (κ1) is 15.7. The van der Waals surface area contributed by atoms with Crippen molar-refractivity contribution in [2.24, 2.45) is 0 Å². The fourth-order valence-corrected chi connectivity index (χ4v) is 2.56. The molecular weight excluding hydrogens is 309 g/mol. The van der Waals surface area contributed by atoms with Crippen LogP contribution in [0.1, 0.15) is 18.9 Å². The predicted molar refractivity (Wildman–Crippen MR) is 86.1 cm³/mol. The second kappa shape index (κ2) is 6.37. The molecule has 0 bridgehead atoms. The lowest BCUT2D eigenvalue weighted by Gasteiger charge is -2.31. The molecule has 5 heteroatoms. The van der Waals surface area contributed by atoms with Crippen LogP contribution in [0.3, 0.4) is 0 Å². The normalized spacial score (nSPS) is 13.5. The van der Waals surface area contributed by atoms with Crippen LogP contribution in [-0.4, -0.2) is 11.1 Å². The van der Waals surface area contributed by atoms with E-state index in [9.17, 15) is 9.90 Å². The van der Waals surface area contributed by atoms with Crippen molar-refractivity contribution >= 4 is 34.9 Å². The van der Waals surface area contributed by atoms with E-state index >= 15 is 0 Å². The van der Waals surface area contributed by atoms with Gasteiger partial charge in [0.15, 0.2) is 5.54 Å². The summed E-state index contributed by atoms with van der Waals surface area (Å²) in [6.45, 7) is 1.82. The monoisotopic (exact) mass is 323 g/mol. The summed E-state index contributed by atoms with van der Waals surface area (Å²) in [7, 11) is 0. The Labute approximate surface area is 133 Å². The van der Waals surface area contributed by atoms with Gasteiger partial charge in [-0.25, -0.2) is 4.79 Å². The van der Waals surface area contributed by atoms with Crippen molar-refractivity contribution in [2.45, 2.75) is 18.9 Å². The van der Waals surface area contributed by atoms with Gasteiger partial charge >= 0.3 is 5.97 Å². The largest absolute Gasteiger partial charge is 0.479 e. The van der Waals surface area contributed by atoms with E-state index in [4.69, 9.17) is 23.2 Å². The van der Waals surface area contributed by atoms with Crippen molar-refractivity contribution in [3.8, 4) is 0 Å². The van der Waals surface area contributed by atoms with E-state index < -0.39 is 11.5 Å². The SMILES string of the molecule is CCC(Nc1cccc(Cl)c1)(C(=O)O)c1ccc(Cl)cc1. The summed E-state index contributed by atoms with van der Waals surface area (Å²) in [5.74, 6) is -0.952. The predicted octanol–water partition coefficient (Wildman–Crippen LogP) is 4.80. The van der Waals surface area contributed by atoms with Crippen molar-refractivity contribution in [1.82, 2.24) is 0 Å². The van der Waals surface area contributed by atoms with Gasteiger partial charge in [-0.2, -0.15) is 0 Å². The number of anilines is 1. The molecule has 0 fully saturated rings. The number of nitrogens with one attached hydrogen (secondary N) is 1. The van der Waals surface area contributed by atoms with E-state index in [0.29, 0.717) is 27.7 Å². The first-order chi connectivity index (χ1) is 9.98. The van der Waals surface area contributed by atoms with E-state index in [1.807, 2.05) is 6.92 Å². The Morgan fingerprint density at radius 3 is 2.33 bits per heavy atom. The number of halogens is 2. The van der Waals surface area contributed by atoms with Crippen LogP contribution in [0, 0.1) is 0 Å². The maximum Gasteiger partial charge on any atom is 0.334 e. The molecule has 0 amide bonds. The number of rotatable bonds is 5. The van der Waals surface area contributed by atoms with Crippen LogP contribution in [-0.2, 0) is 10.3 Å². The molecule has 0 aliphatic rings. The first-order valence-electron chi connectivity index (χ1n) is 6.51. The molecule has 0 aromatic heterocycles. The van der Waals surface area contributed by atoms with Crippen LogP contribution in [0.25, 0.3) is 0 Å². The highest BCUT2D eigenvalue weighted by molar-refractivity contribution is 6.31. The molecule has 110 valence electrons. The van der Waals surface area contributed by atoms with Gasteiger partial charge < -0.3 is 10.4 Å². The van der Waals surface area contributed by atoms with Crippen LogP contribution in [0.2, 0.25) is 10.0 Å². The second-order valence-corrected chi connectivity index (χ2v) is 5.58. The summed E-state index contributed by atoms with van der Waals surface area (Å²) in [5.41, 5.74) is 0.0681. The van der Waals surface area contributed by atoms with Gasteiger partial charge in [-0.3, -0.25) is 0 Å². The highest BCUT2D eigenvalue weighted by atomic mass is 35.5. The van der Waals surface area contributed by atoms with Crippen LogP contribution in [0.15, 0.2) is 48.5 Å². The molecule has 0 heterocycles. The summed E-state index contributed by atoms with van der Waals surface area (Å²) in [6, 6.07) is 13.8. The van der Waals surface area contributed by atoms with Crippen LogP contribution >= 0.6 is 23.2 Å². The summed E-state index contributed by atoms with van der Waals surface area (Å²) in [6.07, 6.45) is 0.372. The first-order valence-corrected chi connectivity index (χ1v) is 7.27. The third-order valence-electron chi connectivity index (χ3n) is 3.41. The minimum absolute atomic E-state index is 0.372. The highest BCUT2D eigenvalue weighted by Gasteiger charge is 2.38. The molecule has 21 heavy (non-hydrogen) atoms. The lowest BCUT2D eigenvalue weighted by Crippen LogP contribution is -2.43. The van der Waals surface area contributed by atoms with Gasteiger partial charge in [-0.05, 0) is 42.3 Å². The Balaban J connectivity index is 2.46. The molecule has 2 rings (SSSR count).